The van der Waals surface area contributed by atoms with Crippen LogP contribution < -0.4 is 10.6 Å². The summed E-state index contributed by atoms with van der Waals surface area (Å²) in [6.07, 6.45) is 3.24. The molecule has 0 saturated carbocycles. The number of benzene rings is 1. The lowest BCUT2D eigenvalue weighted by Gasteiger charge is -2.20. The smallest absolute Gasteiger partial charge is 0.0762 e. The molecule has 1 aliphatic rings. The van der Waals surface area contributed by atoms with Gasteiger partial charge >= 0.3 is 0 Å². The number of nitrogens with zero attached hydrogens (tertiary/aromatic N) is 1. The molecular formula is C15H23ClN2O. The van der Waals surface area contributed by atoms with E-state index in [9.17, 15) is 0 Å². The van der Waals surface area contributed by atoms with Crippen molar-refractivity contribution < 1.29 is 4.74 Å². The highest BCUT2D eigenvalue weighted by atomic mass is 35.5. The monoisotopic (exact) mass is 282 g/mol. The first kappa shape index (κ1) is 14.6. The summed E-state index contributed by atoms with van der Waals surface area (Å²) in [5, 5.41) is 0.822. The van der Waals surface area contributed by atoms with Crippen LogP contribution in [0, 0.1) is 0 Å². The van der Waals surface area contributed by atoms with Gasteiger partial charge < -0.3 is 15.4 Å². The highest BCUT2D eigenvalue weighted by molar-refractivity contribution is 6.31. The molecule has 0 radical (unpaired) electrons. The fourth-order valence-corrected chi connectivity index (χ4v) is 2.73. The summed E-state index contributed by atoms with van der Waals surface area (Å²) in [6.45, 7) is 4.07. The number of ether oxygens (including phenoxy) is 1. The zero-order chi connectivity index (χ0) is 13.8. The highest BCUT2D eigenvalue weighted by Crippen LogP contribution is 2.27. The van der Waals surface area contributed by atoms with Gasteiger partial charge in [-0.3, -0.25) is 0 Å². The highest BCUT2D eigenvalue weighted by Gasteiger charge is 2.22. The number of hydrogen-bond acceptors (Lipinski definition) is 3. The number of rotatable bonds is 5. The van der Waals surface area contributed by atoms with Gasteiger partial charge in [0.15, 0.2) is 0 Å². The number of methoxy groups -OCH3 is 1. The van der Waals surface area contributed by atoms with E-state index in [4.69, 9.17) is 22.1 Å². The maximum Gasteiger partial charge on any atom is 0.0762 e. The topological polar surface area (TPSA) is 38.5 Å². The average molecular weight is 283 g/mol. The molecular weight excluding hydrogens is 260 g/mol. The fourth-order valence-electron chi connectivity index (χ4n) is 2.48. The van der Waals surface area contributed by atoms with Crippen molar-refractivity contribution in [3.8, 4) is 0 Å². The second kappa shape index (κ2) is 6.60. The lowest BCUT2D eigenvalue weighted by molar-refractivity contribution is 0.121. The first-order chi connectivity index (χ1) is 9.13. The zero-order valence-corrected chi connectivity index (χ0v) is 12.5. The molecule has 2 rings (SSSR count). The van der Waals surface area contributed by atoms with E-state index in [-0.39, 0.29) is 6.04 Å². The maximum atomic E-state index is 6.37. The minimum Gasteiger partial charge on any atom is -0.380 e. The van der Waals surface area contributed by atoms with Crippen molar-refractivity contribution in [2.24, 2.45) is 5.73 Å². The molecule has 3 nitrogen and oxygen atoms in total. The lowest BCUT2D eigenvalue weighted by Crippen LogP contribution is -2.23. The Balaban J connectivity index is 2.06. The molecule has 0 aromatic heterocycles. The molecule has 1 aromatic carbocycles. The molecule has 2 N–H and O–H groups in total. The largest absolute Gasteiger partial charge is 0.380 e. The van der Waals surface area contributed by atoms with E-state index in [0.29, 0.717) is 6.10 Å². The molecule has 4 heteroatoms. The van der Waals surface area contributed by atoms with Crippen molar-refractivity contribution in [3.05, 3.63) is 28.8 Å². The summed E-state index contributed by atoms with van der Waals surface area (Å²) >= 11 is 6.37. The molecule has 106 valence electrons. The van der Waals surface area contributed by atoms with E-state index in [2.05, 4.69) is 30.0 Å². The predicted molar refractivity (Wildman–Crippen MR) is 81.0 cm³/mol. The summed E-state index contributed by atoms with van der Waals surface area (Å²) in [7, 11) is 1.77. The van der Waals surface area contributed by atoms with E-state index >= 15 is 0 Å². The third-order valence-corrected chi connectivity index (χ3v) is 4.24. The Kier molecular flexibility index (Phi) is 5.08. The standard InChI is InChI=1S/C15H23ClN2O/c1-3-12(17)8-11-4-5-13(9-15(11)16)18-7-6-14(10-18)19-2/h4-5,9,12,14H,3,6-8,10,17H2,1-2H3. The summed E-state index contributed by atoms with van der Waals surface area (Å²) < 4.78 is 5.39. The molecule has 2 unspecified atom stereocenters. The number of anilines is 1. The van der Waals surface area contributed by atoms with Crippen LogP contribution in [0.2, 0.25) is 5.02 Å². The van der Waals surface area contributed by atoms with Gasteiger partial charge in [-0.1, -0.05) is 24.6 Å². The molecule has 0 amide bonds. The van der Waals surface area contributed by atoms with Gasteiger partial charge in [0.05, 0.1) is 6.10 Å². The molecule has 1 aliphatic heterocycles. The molecule has 1 aromatic rings. The minimum absolute atomic E-state index is 0.188. The Morgan fingerprint density at radius 1 is 1.53 bits per heavy atom. The van der Waals surface area contributed by atoms with Crippen LogP contribution in [0.1, 0.15) is 25.3 Å². The van der Waals surface area contributed by atoms with Gasteiger partial charge in [-0.05, 0) is 37.0 Å². The van der Waals surface area contributed by atoms with Crippen molar-refractivity contribution in [3.63, 3.8) is 0 Å². The first-order valence-corrected chi connectivity index (χ1v) is 7.33. The Morgan fingerprint density at radius 2 is 2.32 bits per heavy atom. The van der Waals surface area contributed by atoms with E-state index in [1.165, 1.54) is 5.69 Å². The molecule has 0 bridgehead atoms. The van der Waals surface area contributed by atoms with Crippen LogP contribution >= 0.6 is 11.6 Å². The van der Waals surface area contributed by atoms with Crippen LogP contribution in [-0.2, 0) is 11.2 Å². The minimum atomic E-state index is 0.188. The van der Waals surface area contributed by atoms with E-state index in [1.807, 2.05) is 0 Å². The number of halogens is 1. The second-order valence-corrected chi connectivity index (χ2v) is 5.65. The molecule has 0 aliphatic carbocycles. The van der Waals surface area contributed by atoms with Crippen LogP contribution in [0.15, 0.2) is 18.2 Å². The average Bonchev–Trinajstić information content (AvgIpc) is 2.89. The van der Waals surface area contributed by atoms with Crippen LogP contribution in [0.5, 0.6) is 0 Å². The maximum absolute atomic E-state index is 6.37. The Morgan fingerprint density at radius 3 is 2.89 bits per heavy atom. The molecule has 19 heavy (non-hydrogen) atoms. The quantitative estimate of drug-likeness (QED) is 0.902. The molecule has 2 atom stereocenters. The van der Waals surface area contributed by atoms with Gasteiger partial charge in [0.2, 0.25) is 0 Å². The SMILES string of the molecule is CCC(N)Cc1ccc(N2CCC(OC)C2)cc1Cl. The Bertz CT molecular complexity index is 425. The molecule has 0 spiro atoms. The van der Waals surface area contributed by atoms with Crippen molar-refractivity contribution in [2.75, 3.05) is 25.1 Å². The predicted octanol–water partition coefficient (Wildman–Crippen LogP) is 2.84. The molecule has 1 heterocycles. The molecule has 1 fully saturated rings. The van der Waals surface area contributed by atoms with Gasteiger partial charge in [-0.2, -0.15) is 0 Å². The van der Waals surface area contributed by atoms with Crippen LogP contribution in [0.25, 0.3) is 0 Å². The third kappa shape index (κ3) is 3.62. The number of nitrogens with two attached hydrogens (primary N) is 1. The van der Waals surface area contributed by atoms with Gasteiger partial charge in [0.25, 0.3) is 0 Å². The third-order valence-electron chi connectivity index (χ3n) is 3.89. The summed E-state index contributed by atoms with van der Waals surface area (Å²) in [5.74, 6) is 0. The Labute approximate surface area is 120 Å². The first-order valence-electron chi connectivity index (χ1n) is 6.95. The lowest BCUT2D eigenvalue weighted by atomic mass is 10.0. The van der Waals surface area contributed by atoms with Crippen molar-refractivity contribution in [1.29, 1.82) is 0 Å². The van der Waals surface area contributed by atoms with Crippen LogP contribution in [-0.4, -0.2) is 32.3 Å². The van der Waals surface area contributed by atoms with Crippen molar-refractivity contribution >= 4 is 17.3 Å². The molecule has 1 saturated heterocycles. The zero-order valence-electron chi connectivity index (χ0n) is 11.7. The van der Waals surface area contributed by atoms with E-state index < -0.39 is 0 Å². The summed E-state index contributed by atoms with van der Waals surface area (Å²) in [6, 6.07) is 6.49. The summed E-state index contributed by atoms with van der Waals surface area (Å²) in [4.78, 5) is 2.32. The second-order valence-electron chi connectivity index (χ2n) is 5.24. The van der Waals surface area contributed by atoms with Gasteiger partial charge in [0, 0.05) is 37.0 Å². The van der Waals surface area contributed by atoms with E-state index in [1.54, 1.807) is 7.11 Å². The van der Waals surface area contributed by atoms with Gasteiger partial charge in [-0.25, -0.2) is 0 Å². The van der Waals surface area contributed by atoms with Crippen molar-refractivity contribution in [1.82, 2.24) is 0 Å². The Hall–Kier alpha value is -0.770. The normalized spacial score (nSPS) is 20.8. The fraction of sp³-hybridized carbons (Fsp3) is 0.600. The van der Waals surface area contributed by atoms with Crippen molar-refractivity contribution in [2.45, 2.75) is 38.3 Å². The van der Waals surface area contributed by atoms with E-state index in [0.717, 1.165) is 42.9 Å². The van der Waals surface area contributed by atoms with Crippen LogP contribution in [0.4, 0.5) is 5.69 Å². The summed E-state index contributed by atoms with van der Waals surface area (Å²) in [5.41, 5.74) is 8.30. The van der Waals surface area contributed by atoms with Gasteiger partial charge in [-0.15, -0.1) is 0 Å². The number of hydrogen-bond donors (Lipinski definition) is 1. The van der Waals surface area contributed by atoms with Crippen LogP contribution in [0.3, 0.4) is 0 Å². The van der Waals surface area contributed by atoms with Gasteiger partial charge in [0.1, 0.15) is 0 Å².